The van der Waals surface area contributed by atoms with Crippen LogP contribution < -0.4 is 5.32 Å². The zero-order chi connectivity index (χ0) is 7.83. The zero-order valence-electron chi connectivity index (χ0n) is 5.76. The third-order valence-electron chi connectivity index (χ3n) is 1.99. The van der Waals surface area contributed by atoms with Crippen molar-refractivity contribution >= 4 is 0 Å². The number of rotatable bonds is 0. The van der Waals surface area contributed by atoms with Gasteiger partial charge in [0.1, 0.15) is 5.54 Å². The van der Waals surface area contributed by atoms with E-state index in [2.05, 4.69) is 5.32 Å². The van der Waals surface area contributed by atoms with Crippen molar-refractivity contribution in [3.8, 4) is 0 Å². The second-order valence-electron chi connectivity index (χ2n) is 2.86. The van der Waals surface area contributed by atoms with Crippen LogP contribution in [0.25, 0.3) is 0 Å². The van der Waals surface area contributed by atoms with Crippen molar-refractivity contribution in [2.24, 2.45) is 0 Å². The molecule has 0 spiro atoms. The lowest BCUT2D eigenvalue weighted by molar-refractivity contribution is -0.186. The van der Waals surface area contributed by atoms with Crippen molar-refractivity contribution in [2.75, 3.05) is 6.54 Å². The fourth-order valence-electron chi connectivity index (χ4n) is 1.14. The summed E-state index contributed by atoms with van der Waals surface area (Å²) in [5, 5.41) is 2.45. The minimum Gasteiger partial charge on any atom is -0.304 e. The third kappa shape index (κ3) is 1.12. The second-order valence-corrected chi connectivity index (χ2v) is 2.86. The van der Waals surface area contributed by atoms with Crippen molar-refractivity contribution in [3.63, 3.8) is 0 Å². The smallest absolute Gasteiger partial charge is 0.304 e. The molecule has 1 unspecified atom stereocenters. The van der Waals surface area contributed by atoms with Gasteiger partial charge in [-0.15, -0.1) is 0 Å². The van der Waals surface area contributed by atoms with Gasteiger partial charge in [-0.1, -0.05) is 0 Å². The number of nitrogens with one attached hydrogen (secondary N) is 1. The quantitative estimate of drug-likeness (QED) is 0.558. The predicted molar refractivity (Wildman–Crippen MR) is 31.7 cm³/mol. The maximum Gasteiger partial charge on any atom is 0.406 e. The molecule has 0 aliphatic carbocycles. The molecule has 0 bridgehead atoms. The minimum absolute atomic E-state index is 0.205. The van der Waals surface area contributed by atoms with Crippen molar-refractivity contribution < 1.29 is 13.2 Å². The Balaban J connectivity index is 2.67. The minimum atomic E-state index is -4.09. The van der Waals surface area contributed by atoms with Gasteiger partial charge in [0, 0.05) is 0 Å². The van der Waals surface area contributed by atoms with E-state index in [0.29, 0.717) is 13.0 Å². The fraction of sp³-hybridized carbons (Fsp3) is 1.00. The first kappa shape index (κ1) is 7.85. The van der Waals surface area contributed by atoms with E-state index in [4.69, 9.17) is 0 Å². The molecule has 1 atom stereocenters. The monoisotopic (exact) mass is 153 g/mol. The van der Waals surface area contributed by atoms with Gasteiger partial charge >= 0.3 is 6.18 Å². The normalized spacial score (nSPS) is 34.8. The fourth-order valence-corrected chi connectivity index (χ4v) is 1.14. The van der Waals surface area contributed by atoms with Gasteiger partial charge in [0.2, 0.25) is 0 Å². The van der Waals surface area contributed by atoms with Crippen LogP contribution in [0.2, 0.25) is 0 Å². The van der Waals surface area contributed by atoms with E-state index >= 15 is 0 Å². The average molecular weight is 153 g/mol. The molecule has 4 heteroatoms. The highest BCUT2D eigenvalue weighted by Gasteiger charge is 2.52. The standard InChI is InChI=1S/C6H10F3N/c1-5(6(7,8)9)3-2-4-10-5/h10H,2-4H2,1H3. The molecule has 1 saturated heterocycles. The molecule has 1 rings (SSSR count). The second kappa shape index (κ2) is 2.12. The highest BCUT2D eigenvalue weighted by molar-refractivity contribution is 4.94. The highest BCUT2D eigenvalue weighted by Crippen LogP contribution is 2.36. The number of hydrogen-bond acceptors (Lipinski definition) is 1. The maximum absolute atomic E-state index is 12.1. The van der Waals surface area contributed by atoms with Crippen LogP contribution in [0.1, 0.15) is 19.8 Å². The zero-order valence-corrected chi connectivity index (χ0v) is 5.76. The van der Waals surface area contributed by atoms with E-state index in [-0.39, 0.29) is 6.42 Å². The van der Waals surface area contributed by atoms with Crippen LogP contribution in [0.15, 0.2) is 0 Å². The van der Waals surface area contributed by atoms with Crippen LogP contribution in [-0.2, 0) is 0 Å². The first-order chi connectivity index (χ1) is 4.46. The van der Waals surface area contributed by atoms with Gasteiger partial charge in [-0.3, -0.25) is 0 Å². The molecular weight excluding hydrogens is 143 g/mol. The van der Waals surface area contributed by atoms with Gasteiger partial charge in [-0.25, -0.2) is 0 Å². The highest BCUT2D eigenvalue weighted by atomic mass is 19.4. The molecular formula is C6H10F3N. The number of halogens is 3. The Labute approximate surface area is 57.6 Å². The number of alkyl halides is 3. The lowest BCUT2D eigenvalue weighted by Crippen LogP contribution is -2.50. The molecule has 1 N–H and O–H groups in total. The molecule has 0 aromatic carbocycles. The molecule has 0 saturated carbocycles. The first-order valence-electron chi connectivity index (χ1n) is 3.27. The van der Waals surface area contributed by atoms with Gasteiger partial charge in [0.25, 0.3) is 0 Å². The topological polar surface area (TPSA) is 12.0 Å². The summed E-state index contributed by atoms with van der Waals surface area (Å²) in [6.07, 6.45) is -3.27. The van der Waals surface area contributed by atoms with Gasteiger partial charge in [0.05, 0.1) is 0 Å². The Bertz CT molecular complexity index is 123. The Morgan fingerprint density at radius 3 is 2.20 bits per heavy atom. The summed E-state index contributed by atoms with van der Waals surface area (Å²) < 4.78 is 36.2. The summed E-state index contributed by atoms with van der Waals surface area (Å²) in [5.41, 5.74) is -1.62. The lowest BCUT2D eigenvalue weighted by atomic mass is 10.0. The average Bonchev–Trinajstić information content (AvgIpc) is 2.13. The van der Waals surface area contributed by atoms with Crippen LogP contribution in [-0.4, -0.2) is 18.3 Å². The largest absolute Gasteiger partial charge is 0.406 e. The van der Waals surface area contributed by atoms with Gasteiger partial charge in [-0.05, 0) is 26.3 Å². The van der Waals surface area contributed by atoms with Crippen molar-refractivity contribution in [3.05, 3.63) is 0 Å². The molecule has 1 fully saturated rings. The first-order valence-corrected chi connectivity index (χ1v) is 3.27. The van der Waals surface area contributed by atoms with Crippen molar-refractivity contribution in [1.82, 2.24) is 5.32 Å². The molecule has 0 radical (unpaired) electrons. The number of hydrogen-bond donors (Lipinski definition) is 1. The molecule has 1 heterocycles. The Morgan fingerprint density at radius 2 is 2.00 bits per heavy atom. The Kier molecular flexibility index (Phi) is 1.66. The van der Waals surface area contributed by atoms with E-state index in [9.17, 15) is 13.2 Å². The molecule has 1 aliphatic heterocycles. The molecule has 1 nitrogen and oxygen atoms in total. The Morgan fingerprint density at radius 1 is 1.40 bits per heavy atom. The van der Waals surface area contributed by atoms with Crippen LogP contribution in [0.4, 0.5) is 13.2 Å². The van der Waals surface area contributed by atoms with Crippen LogP contribution in [0, 0.1) is 0 Å². The van der Waals surface area contributed by atoms with Crippen molar-refractivity contribution in [2.45, 2.75) is 31.5 Å². The summed E-state index contributed by atoms with van der Waals surface area (Å²) in [5.74, 6) is 0. The van der Waals surface area contributed by atoms with Crippen LogP contribution in [0.3, 0.4) is 0 Å². The van der Waals surface area contributed by atoms with Gasteiger partial charge < -0.3 is 5.32 Å². The van der Waals surface area contributed by atoms with E-state index in [0.717, 1.165) is 0 Å². The maximum atomic E-state index is 12.1. The summed E-state index contributed by atoms with van der Waals surface area (Å²) in [6, 6.07) is 0. The third-order valence-corrected chi connectivity index (χ3v) is 1.99. The van der Waals surface area contributed by atoms with Crippen LogP contribution >= 0.6 is 0 Å². The van der Waals surface area contributed by atoms with E-state index < -0.39 is 11.7 Å². The van der Waals surface area contributed by atoms with Crippen LogP contribution in [0.5, 0.6) is 0 Å². The summed E-state index contributed by atoms with van der Waals surface area (Å²) >= 11 is 0. The summed E-state index contributed by atoms with van der Waals surface area (Å²) in [7, 11) is 0. The van der Waals surface area contributed by atoms with E-state index in [1.165, 1.54) is 6.92 Å². The summed E-state index contributed by atoms with van der Waals surface area (Å²) in [4.78, 5) is 0. The summed E-state index contributed by atoms with van der Waals surface area (Å²) in [6.45, 7) is 1.69. The van der Waals surface area contributed by atoms with E-state index in [1.54, 1.807) is 0 Å². The SMILES string of the molecule is CC1(C(F)(F)F)CCCN1. The predicted octanol–water partition coefficient (Wildman–Crippen LogP) is 1.69. The lowest BCUT2D eigenvalue weighted by Gasteiger charge is -2.26. The van der Waals surface area contributed by atoms with E-state index in [1.807, 2.05) is 0 Å². The van der Waals surface area contributed by atoms with Gasteiger partial charge in [-0.2, -0.15) is 13.2 Å². The Hall–Kier alpha value is -0.250. The molecule has 0 aromatic rings. The molecule has 0 amide bonds. The molecule has 0 aromatic heterocycles. The van der Waals surface area contributed by atoms with Crippen molar-refractivity contribution in [1.29, 1.82) is 0 Å². The molecule has 60 valence electrons. The molecule has 1 aliphatic rings. The van der Waals surface area contributed by atoms with Gasteiger partial charge in [0.15, 0.2) is 0 Å². The molecule has 10 heavy (non-hydrogen) atoms.